The van der Waals surface area contributed by atoms with E-state index in [9.17, 15) is 5.11 Å². The molecule has 0 radical (unpaired) electrons. The summed E-state index contributed by atoms with van der Waals surface area (Å²) in [6.07, 6.45) is 13.1. The van der Waals surface area contributed by atoms with Crippen LogP contribution in [0, 0.1) is 17.8 Å². The van der Waals surface area contributed by atoms with Crippen molar-refractivity contribution < 1.29 is 5.11 Å². The summed E-state index contributed by atoms with van der Waals surface area (Å²) in [4.78, 5) is 0. The Morgan fingerprint density at radius 2 is 1.56 bits per heavy atom. The molecule has 2 nitrogen and oxygen atoms in total. The summed E-state index contributed by atoms with van der Waals surface area (Å²) in [6, 6.07) is 1.53. The highest BCUT2D eigenvalue weighted by Gasteiger charge is 2.54. The van der Waals surface area contributed by atoms with Crippen LogP contribution in [-0.4, -0.2) is 22.8 Å². The van der Waals surface area contributed by atoms with E-state index in [2.05, 4.69) is 5.32 Å². The lowest BCUT2D eigenvalue weighted by molar-refractivity contribution is -0.140. The van der Waals surface area contributed by atoms with Crippen LogP contribution in [0.5, 0.6) is 0 Å². The first-order valence-electron chi connectivity index (χ1n) is 8.20. The Balaban J connectivity index is 1.46. The molecule has 2 atom stereocenters. The van der Waals surface area contributed by atoms with E-state index in [1.165, 1.54) is 44.9 Å². The average Bonchev–Trinajstić information content (AvgIpc) is 2.33. The maximum atomic E-state index is 10.6. The van der Waals surface area contributed by atoms with Crippen LogP contribution in [0.4, 0.5) is 0 Å². The largest absolute Gasteiger partial charge is 0.390 e. The predicted molar refractivity (Wildman–Crippen MR) is 72.3 cm³/mol. The van der Waals surface area contributed by atoms with E-state index in [1.807, 2.05) is 0 Å². The van der Waals surface area contributed by atoms with Gasteiger partial charge >= 0.3 is 0 Å². The molecule has 5 fully saturated rings. The van der Waals surface area contributed by atoms with Crippen LogP contribution in [0.1, 0.15) is 64.2 Å². The number of aliphatic hydroxyl groups is 1. The summed E-state index contributed by atoms with van der Waals surface area (Å²) < 4.78 is 0. The van der Waals surface area contributed by atoms with Gasteiger partial charge in [0.05, 0.1) is 5.60 Å². The van der Waals surface area contributed by atoms with E-state index in [0.29, 0.717) is 0 Å². The van der Waals surface area contributed by atoms with E-state index < -0.39 is 0 Å². The Morgan fingerprint density at radius 3 is 2.17 bits per heavy atom. The SMILES string of the molecule is OC12CC3CC(C1)C(NC1CCCCC1)C(C3)C2. The molecule has 0 aromatic heterocycles. The fourth-order valence-electron chi connectivity index (χ4n) is 5.79. The minimum Gasteiger partial charge on any atom is -0.390 e. The Bertz CT molecular complexity index is 307. The molecular formula is C16H27NO. The smallest absolute Gasteiger partial charge is 0.0657 e. The molecule has 0 aromatic carbocycles. The Kier molecular flexibility index (Phi) is 2.74. The minimum absolute atomic E-state index is 0.263. The lowest BCUT2D eigenvalue weighted by Gasteiger charge is -2.58. The lowest BCUT2D eigenvalue weighted by atomic mass is 9.52. The molecule has 0 heterocycles. The quantitative estimate of drug-likeness (QED) is 0.789. The summed E-state index contributed by atoms with van der Waals surface area (Å²) in [7, 11) is 0. The second-order valence-corrected chi connectivity index (χ2v) is 7.72. The van der Waals surface area contributed by atoms with Crippen molar-refractivity contribution in [1.29, 1.82) is 0 Å². The molecule has 4 bridgehead atoms. The Morgan fingerprint density at radius 1 is 0.889 bits per heavy atom. The van der Waals surface area contributed by atoms with E-state index in [0.717, 1.165) is 49.1 Å². The van der Waals surface area contributed by atoms with Crippen LogP contribution in [0.2, 0.25) is 0 Å². The number of hydrogen-bond donors (Lipinski definition) is 2. The third-order valence-corrected chi connectivity index (χ3v) is 6.27. The number of nitrogens with one attached hydrogen (secondary N) is 1. The van der Waals surface area contributed by atoms with E-state index in [4.69, 9.17) is 0 Å². The summed E-state index contributed by atoms with van der Waals surface area (Å²) in [6.45, 7) is 0. The van der Waals surface area contributed by atoms with E-state index in [1.54, 1.807) is 0 Å². The highest BCUT2D eigenvalue weighted by Crippen LogP contribution is 2.55. The summed E-state index contributed by atoms with van der Waals surface area (Å²) in [5, 5.41) is 14.6. The second-order valence-electron chi connectivity index (χ2n) is 7.72. The van der Waals surface area contributed by atoms with Crippen molar-refractivity contribution in [3.05, 3.63) is 0 Å². The predicted octanol–water partition coefficient (Wildman–Crippen LogP) is 2.85. The molecular weight excluding hydrogens is 222 g/mol. The maximum absolute atomic E-state index is 10.6. The van der Waals surface area contributed by atoms with Crippen molar-refractivity contribution in [2.45, 2.75) is 81.9 Å². The van der Waals surface area contributed by atoms with Gasteiger partial charge in [-0.1, -0.05) is 19.3 Å². The normalized spacial score (nSPS) is 51.8. The molecule has 0 aromatic rings. The van der Waals surface area contributed by atoms with Crippen LogP contribution in [0.15, 0.2) is 0 Å². The molecule has 5 aliphatic rings. The van der Waals surface area contributed by atoms with Gasteiger partial charge in [0.1, 0.15) is 0 Å². The minimum atomic E-state index is -0.263. The lowest BCUT2D eigenvalue weighted by Crippen LogP contribution is -2.62. The monoisotopic (exact) mass is 249 g/mol. The zero-order valence-electron chi connectivity index (χ0n) is 11.4. The first-order valence-corrected chi connectivity index (χ1v) is 8.20. The molecule has 5 aliphatic carbocycles. The van der Waals surface area contributed by atoms with Gasteiger partial charge in [0.15, 0.2) is 0 Å². The molecule has 2 N–H and O–H groups in total. The van der Waals surface area contributed by atoms with E-state index >= 15 is 0 Å². The zero-order chi connectivity index (χ0) is 12.2. The third kappa shape index (κ3) is 1.92. The standard InChI is InChI=1S/C16H27NO/c18-16-8-11-6-12(9-16)15(13(7-11)10-16)17-14-4-2-1-3-5-14/h11-15,17-18H,1-10H2. The highest BCUT2D eigenvalue weighted by atomic mass is 16.3. The van der Waals surface area contributed by atoms with Crippen LogP contribution in [0.3, 0.4) is 0 Å². The second kappa shape index (κ2) is 4.21. The van der Waals surface area contributed by atoms with E-state index in [-0.39, 0.29) is 5.60 Å². The third-order valence-electron chi connectivity index (χ3n) is 6.27. The molecule has 5 rings (SSSR count). The van der Waals surface area contributed by atoms with Crippen molar-refractivity contribution in [3.8, 4) is 0 Å². The first kappa shape index (κ1) is 11.7. The molecule has 5 saturated carbocycles. The fraction of sp³-hybridized carbons (Fsp3) is 1.00. The molecule has 0 saturated heterocycles. The van der Waals surface area contributed by atoms with Gasteiger partial charge in [-0.05, 0) is 62.7 Å². The number of rotatable bonds is 2. The van der Waals surface area contributed by atoms with Gasteiger partial charge in [-0.15, -0.1) is 0 Å². The summed E-state index contributed by atoms with van der Waals surface area (Å²) in [5.41, 5.74) is -0.263. The Labute approximate surface area is 111 Å². The van der Waals surface area contributed by atoms with Gasteiger partial charge in [-0.2, -0.15) is 0 Å². The van der Waals surface area contributed by atoms with Crippen LogP contribution < -0.4 is 5.32 Å². The molecule has 0 amide bonds. The van der Waals surface area contributed by atoms with Crippen LogP contribution in [0.25, 0.3) is 0 Å². The van der Waals surface area contributed by atoms with Gasteiger partial charge in [-0.25, -0.2) is 0 Å². The Hall–Kier alpha value is -0.0800. The van der Waals surface area contributed by atoms with Crippen LogP contribution >= 0.6 is 0 Å². The maximum Gasteiger partial charge on any atom is 0.0657 e. The van der Waals surface area contributed by atoms with Crippen LogP contribution in [-0.2, 0) is 0 Å². The van der Waals surface area contributed by atoms with Crippen molar-refractivity contribution in [1.82, 2.24) is 5.32 Å². The first-order chi connectivity index (χ1) is 8.72. The van der Waals surface area contributed by atoms with Gasteiger partial charge in [0, 0.05) is 12.1 Å². The zero-order valence-corrected chi connectivity index (χ0v) is 11.4. The molecule has 102 valence electrons. The molecule has 0 aliphatic heterocycles. The van der Waals surface area contributed by atoms with Gasteiger partial charge in [0.25, 0.3) is 0 Å². The van der Waals surface area contributed by atoms with Crippen molar-refractivity contribution in [3.63, 3.8) is 0 Å². The van der Waals surface area contributed by atoms with Gasteiger partial charge in [0.2, 0.25) is 0 Å². The van der Waals surface area contributed by atoms with Crippen molar-refractivity contribution in [2.24, 2.45) is 17.8 Å². The molecule has 2 heteroatoms. The van der Waals surface area contributed by atoms with Crippen molar-refractivity contribution >= 4 is 0 Å². The summed E-state index contributed by atoms with van der Waals surface area (Å²) >= 11 is 0. The van der Waals surface area contributed by atoms with Gasteiger partial charge in [-0.3, -0.25) is 0 Å². The number of hydrogen-bond acceptors (Lipinski definition) is 2. The highest BCUT2D eigenvalue weighted by molar-refractivity contribution is 5.08. The summed E-state index contributed by atoms with van der Waals surface area (Å²) in [5.74, 6) is 2.41. The van der Waals surface area contributed by atoms with Crippen molar-refractivity contribution in [2.75, 3.05) is 0 Å². The average molecular weight is 249 g/mol. The molecule has 0 spiro atoms. The fourth-order valence-corrected chi connectivity index (χ4v) is 5.79. The molecule has 18 heavy (non-hydrogen) atoms. The molecule has 2 unspecified atom stereocenters. The van der Waals surface area contributed by atoms with Gasteiger partial charge < -0.3 is 10.4 Å². The topological polar surface area (TPSA) is 32.3 Å².